The van der Waals surface area contributed by atoms with Crippen LogP contribution in [-0.4, -0.2) is 17.1 Å². The third-order valence-electron chi connectivity index (χ3n) is 3.06. The summed E-state index contributed by atoms with van der Waals surface area (Å²) in [6.07, 6.45) is 5.28. The van der Waals surface area contributed by atoms with Crippen molar-refractivity contribution in [1.29, 1.82) is 5.26 Å². The van der Waals surface area contributed by atoms with Gasteiger partial charge in [0.15, 0.2) is 0 Å². The van der Waals surface area contributed by atoms with Crippen molar-refractivity contribution in [3.05, 3.63) is 54.3 Å². The Bertz CT molecular complexity index is 748. The minimum atomic E-state index is -0.597. The molecule has 1 heterocycles. The molecule has 1 aromatic heterocycles. The van der Waals surface area contributed by atoms with Crippen LogP contribution in [0.5, 0.6) is 0 Å². The minimum absolute atomic E-state index is 0.00152. The molecule has 0 N–H and O–H groups in total. The molecule has 0 amide bonds. The fourth-order valence-electron chi connectivity index (χ4n) is 2.18. The van der Waals surface area contributed by atoms with E-state index in [-0.39, 0.29) is 12.2 Å². The summed E-state index contributed by atoms with van der Waals surface area (Å²) in [5.74, 6) is -0.597. The molecule has 0 aliphatic carbocycles. The van der Waals surface area contributed by atoms with Crippen molar-refractivity contribution in [1.82, 2.24) is 4.57 Å². The summed E-state index contributed by atoms with van der Waals surface area (Å²) in [5, 5.41) is 10.1. The average Bonchev–Trinajstić information content (AvgIpc) is 2.84. The summed E-state index contributed by atoms with van der Waals surface area (Å²) < 4.78 is 6.90. The van der Waals surface area contributed by atoms with Crippen LogP contribution >= 0.6 is 0 Å². The van der Waals surface area contributed by atoms with Crippen molar-refractivity contribution in [2.24, 2.45) is 0 Å². The maximum absolute atomic E-state index is 11.7. The second kappa shape index (κ2) is 6.58. The van der Waals surface area contributed by atoms with Gasteiger partial charge in [0.1, 0.15) is 11.6 Å². The number of carbonyl (C=O) groups is 1. The van der Waals surface area contributed by atoms with E-state index in [1.165, 1.54) is 0 Å². The molecule has 1 aromatic carbocycles. The third-order valence-corrected chi connectivity index (χ3v) is 3.06. The summed E-state index contributed by atoms with van der Waals surface area (Å²) in [4.78, 5) is 11.7. The van der Waals surface area contributed by atoms with Gasteiger partial charge in [0, 0.05) is 29.2 Å². The van der Waals surface area contributed by atoms with Crippen molar-refractivity contribution in [3.63, 3.8) is 0 Å². The Kier molecular flexibility index (Phi) is 4.57. The molecule has 4 nitrogen and oxygen atoms in total. The van der Waals surface area contributed by atoms with E-state index in [1.807, 2.05) is 41.1 Å². The quantitative estimate of drug-likeness (QED) is 0.365. The number of hydrogen-bond acceptors (Lipinski definition) is 3. The van der Waals surface area contributed by atoms with Gasteiger partial charge in [0.25, 0.3) is 0 Å². The summed E-state index contributed by atoms with van der Waals surface area (Å²) >= 11 is 0. The lowest BCUT2D eigenvalue weighted by atomic mass is 10.1. The zero-order valence-corrected chi connectivity index (χ0v) is 11.9. The molecular formula is C17H16N2O2. The van der Waals surface area contributed by atoms with E-state index >= 15 is 0 Å². The van der Waals surface area contributed by atoms with Gasteiger partial charge >= 0.3 is 5.97 Å². The van der Waals surface area contributed by atoms with E-state index in [9.17, 15) is 4.79 Å². The second-order valence-corrected chi connectivity index (χ2v) is 4.43. The highest BCUT2D eigenvalue weighted by Crippen LogP contribution is 2.23. The number of ether oxygens (including phenoxy) is 1. The number of fused-ring (bicyclic) bond motifs is 1. The summed E-state index contributed by atoms with van der Waals surface area (Å²) in [5.41, 5.74) is 1.85. The molecule has 0 spiro atoms. The molecule has 0 radical (unpaired) electrons. The highest BCUT2D eigenvalue weighted by atomic mass is 16.5. The van der Waals surface area contributed by atoms with Gasteiger partial charge in [0.05, 0.1) is 6.61 Å². The highest BCUT2D eigenvalue weighted by molar-refractivity contribution is 6.01. The first-order valence-corrected chi connectivity index (χ1v) is 6.69. The molecule has 0 saturated heterocycles. The Labute approximate surface area is 123 Å². The van der Waals surface area contributed by atoms with Crippen LogP contribution < -0.4 is 0 Å². The monoisotopic (exact) mass is 280 g/mol. The number of carbonyl (C=O) groups excluding carboxylic acids is 1. The van der Waals surface area contributed by atoms with Crippen LogP contribution in [-0.2, 0) is 16.1 Å². The van der Waals surface area contributed by atoms with Gasteiger partial charge in [-0.25, -0.2) is 4.79 Å². The van der Waals surface area contributed by atoms with E-state index < -0.39 is 5.97 Å². The molecule has 0 atom stereocenters. The molecule has 21 heavy (non-hydrogen) atoms. The maximum Gasteiger partial charge on any atom is 0.348 e. The Morgan fingerprint density at radius 1 is 1.48 bits per heavy atom. The number of nitrogens with zero attached hydrogens (tertiary/aromatic N) is 2. The van der Waals surface area contributed by atoms with Crippen LogP contribution in [0.1, 0.15) is 12.5 Å². The van der Waals surface area contributed by atoms with Crippen LogP contribution in [0, 0.1) is 11.3 Å². The van der Waals surface area contributed by atoms with Crippen molar-refractivity contribution in [2.75, 3.05) is 6.61 Å². The number of esters is 1. The molecule has 0 unspecified atom stereocenters. The van der Waals surface area contributed by atoms with E-state index in [4.69, 9.17) is 10.00 Å². The number of para-hydroxylation sites is 1. The van der Waals surface area contributed by atoms with Gasteiger partial charge in [-0.3, -0.25) is 0 Å². The molecule has 0 fully saturated rings. The van der Waals surface area contributed by atoms with Gasteiger partial charge in [-0.2, -0.15) is 5.26 Å². The Morgan fingerprint density at radius 2 is 2.24 bits per heavy atom. The van der Waals surface area contributed by atoms with Crippen LogP contribution in [0.25, 0.3) is 17.0 Å². The van der Waals surface area contributed by atoms with Crippen molar-refractivity contribution in [3.8, 4) is 6.07 Å². The highest BCUT2D eigenvalue weighted by Gasteiger charge is 2.12. The molecule has 0 aliphatic rings. The standard InChI is InChI=1S/C17H16N2O2/c1-3-9-19-12-14(15-7-5-6-8-16(15)19)10-13(11-18)17(20)21-4-2/h3,5-8,10,12H,1,4,9H2,2H3. The largest absolute Gasteiger partial charge is 0.462 e. The van der Waals surface area contributed by atoms with Gasteiger partial charge in [-0.15, -0.1) is 6.58 Å². The van der Waals surface area contributed by atoms with Gasteiger partial charge in [-0.1, -0.05) is 24.3 Å². The van der Waals surface area contributed by atoms with Crippen molar-refractivity contribution >= 4 is 22.9 Å². The predicted octanol–water partition coefficient (Wildman–Crippen LogP) is 3.30. The summed E-state index contributed by atoms with van der Waals surface area (Å²) in [7, 11) is 0. The Morgan fingerprint density at radius 3 is 2.90 bits per heavy atom. The van der Waals surface area contributed by atoms with Crippen LogP contribution in [0.15, 0.2) is 48.7 Å². The lowest BCUT2D eigenvalue weighted by molar-refractivity contribution is -0.137. The molecule has 2 rings (SSSR count). The molecule has 4 heteroatoms. The van der Waals surface area contributed by atoms with Crippen molar-refractivity contribution < 1.29 is 9.53 Å². The molecule has 0 bridgehead atoms. The molecule has 106 valence electrons. The minimum Gasteiger partial charge on any atom is -0.462 e. The van der Waals surface area contributed by atoms with E-state index in [1.54, 1.807) is 19.1 Å². The molecule has 0 aliphatic heterocycles. The molecular weight excluding hydrogens is 264 g/mol. The fraction of sp³-hybridized carbons (Fsp3) is 0.176. The second-order valence-electron chi connectivity index (χ2n) is 4.43. The number of hydrogen-bond donors (Lipinski definition) is 0. The topological polar surface area (TPSA) is 55.0 Å². The van der Waals surface area contributed by atoms with Gasteiger partial charge in [0.2, 0.25) is 0 Å². The van der Waals surface area contributed by atoms with Crippen molar-refractivity contribution in [2.45, 2.75) is 13.5 Å². The van der Waals surface area contributed by atoms with E-state index in [2.05, 4.69) is 6.58 Å². The van der Waals surface area contributed by atoms with Gasteiger partial charge < -0.3 is 9.30 Å². The smallest absolute Gasteiger partial charge is 0.348 e. The number of allylic oxidation sites excluding steroid dienone is 1. The normalized spacial score (nSPS) is 11.1. The predicted molar refractivity (Wildman–Crippen MR) is 82.4 cm³/mol. The van der Waals surface area contributed by atoms with Crippen LogP contribution in [0.3, 0.4) is 0 Å². The lowest BCUT2D eigenvalue weighted by Crippen LogP contribution is -2.05. The lowest BCUT2D eigenvalue weighted by Gasteiger charge is -1.99. The third kappa shape index (κ3) is 3.03. The number of benzene rings is 1. The fourth-order valence-corrected chi connectivity index (χ4v) is 2.18. The maximum atomic E-state index is 11.7. The number of nitriles is 1. The first-order chi connectivity index (χ1) is 10.2. The first kappa shape index (κ1) is 14.6. The first-order valence-electron chi connectivity index (χ1n) is 6.69. The summed E-state index contributed by atoms with van der Waals surface area (Å²) in [6.45, 7) is 6.36. The Balaban J connectivity index is 2.53. The van der Waals surface area contributed by atoms with E-state index in [0.29, 0.717) is 6.54 Å². The summed E-state index contributed by atoms with van der Waals surface area (Å²) in [6, 6.07) is 9.73. The zero-order chi connectivity index (χ0) is 15.2. The van der Waals surface area contributed by atoms with E-state index in [0.717, 1.165) is 16.5 Å². The SMILES string of the molecule is C=CCn1cc(C=C(C#N)C(=O)OCC)c2ccccc21. The number of aromatic nitrogens is 1. The van der Waals surface area contributed by atoms with Gasteiger partial charge in [-0.05, 0) is 19.1 Å². The molecule has 2 aromatic rings. The van der Waals surface area contributed by atoms with Crippen LogP contribution in [0.4, 0.5) is 0 Å². The Hall–Kier alpha value is -2.80. The number of rotatable bonds is 5. The van der Waals surface area contributed by atoms with Crippen LogP contribution in [0.2, 0.25) is 0 Å². The average molecular weight is 280 g/mol. The molecule has 0 saturated carbocycles. The zero-order valence-electron chi connectivity index (χ0n) is 11.9.